The van der Waals surface area contributed by atoms with Gasteiger partial charge < -0.3 is 10.1 Å². The minimum Gasteiger partial charge on any atom is -0.494 e. The van der Waals surface area contributed by atoms with E-state index in [0.717, 1.165) is 24.8 Å². The largest absolute Gasteiger partial charge is 0.494 e. The molecule has 18 heavy (non-hydrogen) atoms. The molecule has 100 valence electrons. The minimum atomic E-state index is 0.498. The van der Waals surface area contributed by atoms with Gasteiger partial charge in [0.2, 0.25) is 0 Å². The fourth-order valence-corrected chi connectivity index (χ4v) is 2.33. The molecule has 0 bridgehead atoms. The van der Waals surface area contributed by atoms with E-state index < -0.39 is 0 Å². The SMILES string of the molecule is CCCNC(CC1CC1)c1cccc(OCC)c1. The molecule has 1 saturated carbocycles. The molecule has 0 radical (unpaired) electrons. The monoisotopic (exact) mass is 247 g/mol. The van der Waals surface area contributed by atoms with Crippen molar-refractivity contribution in [1.29, 1.82) is 0 Å². The first-order chi connectivity index (χ1) is 8.83. The van der Waals surface area contributed by atoms with Crippen molar-refractivity contribution in [3.05, 3.63) is 29.8 Å². The molecular weight excluding hydrogens is 222 g/mol. The fraction of sp³-hybridized carbons (Fsp3) is 0.625. The summed E-state index contributed by atoms with van der Waals surface area (Å²) >= 11 is 0. The van der Waals surface area contributed by atoms with Gasteiger partial charge in [0, 0.05) is 6.04 Å². The van der Waals surface area contributed by atoms with E-state index in [2.05, 4.69) is 30.4 Å². The summed E-state index contributed by atoms with van der Waals surface area (Å²) in [5.74, 6) is 1.93. The highest BCUT2D eigenvalue weighted by molar-refractivity contribution is 5.30. The molecule has 1 N–H and O–H groups in total. The number of rotatable bonds is 8. The highest BCUT2D eigenvalue weighted by Gasteiger charge is 2.26. The maximum atomic E-state index is 5.59. The first-order valence-corrected chi connectivity index (χ1v) is 7.29. The average molecular weight is 247 g/mol. The Hall–Kier alpha value is -1.02. The Labute approximate surface area is 111 Å². The van der Waals surface area contributed by atoms with E-state index in [4.69, 9.17) is 4.74 Å². The van der Waals surface area contributed by atoms with Crippen LogP contribution in [0.5, 0.6) is 5.75 Å². The van der Waals surface area contributed by atoms with Gasteiger partial charge in [0.15, 0.2) is 0 Å². The summed E-state index contributed by atoms with van der Waals surface area (Å²) in [7, 11) is 0. The first-order valence-electron chi connectivity index (χ1n) is 7.29. The maximum Gasteiger partial charge on any atom is 0.119 e. The van der Waals surface area contributed by atoms with E-state index in [0.29, 0.717) is 6.04 Å². The van der Waals surface area contributed by atoms with Crippen molar-refractivity contribution < 1.29 is 4.74 Å². The zero-order valence-corrected chi connectivity index (χ0v) is 11.6. The predicted molar refractivity (Wildman–Crippen MR) is 76.0 cm³/mol. The maximum absolute atomic E-state index is 5.59. The molecule has 1 unspecified atom stereocenters. The summed E-state index contributed by atoms with van der Waals surface area (Å²) in [5, 5.41) is 3.67. The third kappa shape index (κ3) is 4.02. The second-order valence-electron chi connectivity index (χ2n) is 5.19. The molecule has 1 aliphatic carbocycles. The Morgan fingerprint density at radius 3 is 2.83 bits per heavy atom. The topological polar surface area (TPSA) is 21.3 Å². The number of benzene rings is 1. The summed E-state index contributed by atoms with van der Waals surface area (Å²) in [6.45, 7) is 6.08. The van der Waals surface area contributed by atoms with Gasteiger partial charge in [-0.3, -0.25) is 0 Å². The second-order valence-corrected chi connectivity index (χ2v) is 5.19. The molecule has 1 fully saturated rings. The van der Waals surface area contributed by atoms with Crippen molar-refractivity contribution >= 4 is 0 Å². The van der Waals surface area contributed by atoms with Crippen molar-refractivity contribution in [2.75, 3.05) is 13.2 Å². The van der Waals surface area contributed by atoms with Crippen molar-refractivity contribution in [3.63, 3.8) is 0 Å². The third-order valence-electron chi connectivity index (χ3n) is 3.48. The molecule has 1 aliphatic rings. The van der Waals surface area contributed by atoms with Gasteiger partial charge in [0.05, 0.1) is 6.61 Å². The highest BCUT2D eigenvalue weighted by atomic mass is 16.5. The first kappa shape index (κ1) is 13.4. The molecule has 2 nitrogen and oxygen atoms in total. The third-order valence-corrected chi connectivity index (χ3v) is 3.48. The Balaban J connectivity index is 2.04. The second kappa shape index (κ2) is 6.79. The molecular formula is C16H25NO. The lowest BCUT2D eigenvalue weighted by molar-refractivity contribution is 0.339. The van der Waals surface area contributed by atoms with E-state index in [1.165, 1.54) is 31.2 Å². The van der Waals surface area contributed by atoms with Crippen LogP contribution >= 0.6 is 0 Å². The molecule has 0 spiro atoms. The number of ether oxygens (including phenoxy) is 1. The standard InChI is InChI=1S/C16H25NO/c1-3-10-17-16(11-13-8-9-13)14-6-5-7-15(12-14)18-4-2/h5-7,12-13,16-17H,3-4,8-11H2,1-2H3. The van der Waals surface area contributed by atoms with Crippen LogP contribution in [0.25, 0.3) is 0 Å². The Morgan fingerprint density at radius 2 is 2.17 bits per heavy atom. The summed E-state index contributed by atoms with van der Waals surface area (Å²) in [6, 6.07) is 9.06. The van der Waals surface area contributed by atoms with E-state index >= 15 is 0 Å². The quantitative estimate of drug-likeness (QED) is 0.751. The van der Waals surface area contributed by atoms with Crippen LogP contribution in [0.1, 0.15) is 51.1 Å². The average Bonchev–Trinajstić information content (AvgIpc) is 3.19. The van der Waals surface area contributed by atoms with Crippen LogP contribution in [0, 0.1) is 5.92 Å². The molecule has 1 aromatic rings. The summed E-state index contributed by atoms with van der Waals surface area (Å²) in [6.07, 6.45) is 5.28. The highest BCUT2D eigenvalue weighted by Crippen LogP contribution is 2.38. The van der Waals surface area contributed by atoms with Gasteiger partial charge in [0.25, 0.3) is 0 Å². The lowest BCUT2D eigenvalue weighted by Crippen LogP contribution is -2.22. The smallest absolute Gasteiger partial charge is 0.119 e. The Kier molecular flexibility index (Phi) is 5.06. The molecule has 1 aromatic carbocycles. The number of hydrogen-bond acceptors (Lipinski definition) is 2. The number of hydrogen-bond donors (Lipinski definition) is 1. The molecule has 0 aliphatic heterocycles. The van der Waals surface area contributed by atoms with Gasteiger partial charge >= 0.3 is 0 Å². The zero-order chi connectivity index (χ0) is 12.8. The van der Waals surface area contributed by atoms with Crippen LogP contribution in [-0.4, -0.2) is 13.2 Å². The van der Waals surface area contributed by atoms with Crippen molar-refractivity contribution in [3.8, 4) is 5.75 Å². The lowest BCUT2D eigenvalue weighted by Gasteiger charge is -2.19. The molecule has 2 rings (SSSR count). The van der Waals surface area contributed by atoms with E-state index in [9.17, 15) is 0 Å². The fourth-order valence-electron chi connectivity index (χ4n) is 2.33. The predicted octanol–water partition coefficient (Wildman–Crippen LogP) is 3.93. The molecule has 1 atom stereocenters. The zero-order valence-electron chi connectivity index (χ0n) is 11.6. The van der Waals surface area contributed by atoms with E-state index in [1.807, 2.05) is 13.0 Å². The van der Waals surface area contributed by atoms with Crippen LogP contribution in [0.2, 0.25) is 0 Å². The van der Waals surface area contributed by atoms with Crippen LogP contribution in [-0.2, 0) is 0 Å². The normalized spacial score (nSPS) is 16.6. The summed E-state index contributed by atoms with van der Waals surface area (Å²) < 4.78 is 5.59. The Bertz CT molecular complexity index is 360. The van der Waals surface area contributed by atoms with Crippen molar-refractivity contribution in [2.24, 2.45) is 5.92 Å². The van der Waals surface area contributed by atoms with E-state index in [1.54, 1.807) is 0 Å². The van der Waals surface area contributed by atoms with Crippen molar-refractivity contribution in [1.82, 2.24) is 5.32 Å². The van der Waals surface area contributed by atoms with Crippen LogP contribution in [0.3, 0.4) is 0 Å². The van der Waals surface area contributed by atoms with Crippen LogP contribution in [0.4, 0.5) is 0 Å². The lowest BCUT2D eigenvalue weighted by atomic mass is 10.0. The van der Waals surface area contributed by atoms with Gasteiger partial charge in [-0.25, -0.2) is 0 Å². The summed E-state index contributed by atoms with van der Waals surface area (Å²) in [5.41, 5.74) is 1.38. The molecule has 0 amide bonds. The van der Waals surface area contributed by atoms with Gasteiger partial charge in [-0.2, -0.15) is 0 Å². The minimum absolute atomic E-state index is 0.498. The van der Waals surface area contributed by atoms with Crippen LogP contribution < -0.4 is 10.1 Å². The van der Waals surface area contributed by atoms with E-state index in [-0.39, 0.29) is 0 Å². The Morgan fingerprint density at radius 1 is 1.33 bits per heavy atom. The molecule has 0 saturated heterocycles. The summed E-state index contributed by atoms with van der Waals surface area (Å²) in [4.78, 5) is 0. The van der Waals surface area contributed by atoms with Gasteiger partial charge in [-0.1, -0.05) is 31.9 Å². The van der Waals surface area contributed by atoms with Gasteiger partial charge in [-0.15, -0.1) is 0 Å². The van der Waals surface area contributed by atoms with Gasteiger partial charge in [-0.05, 0) is 49.9 Å². The molecule has 0 aromatic heterocycles. The number of nitrogens with one attached hydrogen (secondary N) is 1. The molecule has 2 heteroatoms. The van der Waals surface area contributed by atoms with Gasteiger partial charge in [0.1, 0.15) is 5.75 Å². The van der Waals surface area contributed by atoms with Crippen molar-refractivity contribution in [2.45, 2.75) is 45.6 Å². The van der Waals surface area contributed by atoms with Crippen LogP contribution in [0.15, 0.2) is 24.3 Å². The molecule has 0 heterocycles.